The van der Waals surface area contributed by atoms with Crippen LogP contribution in [0.25, 0.3) is 0 Å². The Morgan fingerprint density at radius 3 is 2.70 bits per heavy atom. The Balaban J connectivity index is 2.04. The third-order valence-electron chi connectivity index (χ3n) is 3.82. The molecule has 0 saturated carbocycles. The molecule has 23 heavy (non-hydrogen) atoms. The van der Waals surface area contributed by atoms with Crippen molar-refractivity contribution in [3.8, 4) is 0 Å². The molecule has 1 aromatic heterocycles. The number of H-pyrrole nitrogens is 1. The number of ether oxygens (including phenoxy) is 1. The Labute approximate surface area is 136 Å². The van der Waals surface area contributed by atoms with Crippen molar-refractivity contribution in [2.75, 3.05) is 18.0 Å². The number of hydrogen-bond acceptors (Lipinski definition) is 5. The van der Waals surface area contributed by atoms with Crippen molar-refractivity contribution in [1.82, 2.24) is 15.3 Å². The molecule has 7 nitrogen and oxygen atoms in total. The number of amides is 1. The third-order valence-corrected chi connectivity index (χ3v) is 3.82. The summed E-state index contributed by atoms with van der Waals surface area (Å²) >= 11 is 0. The number of carbonyl (C=O) groups is 1. The molecule has 128 valence electrons. The van der Waals surface area contributed by atoms with E-state index in [4.69, 9.17) is 4.74 Å². The highest BCUT2D eigenvalue weighted by atomic mass is 16.6. The lowest BCUT2D eigenvalue weighted by Gasteiger charge is -2.34. The van der Waals surface area contributed by atoms with Gasteiger partial charge in [0.2, 0.25) is 5.95 Å². The minimum atomic E-state index is -0.515. The zero-order valence-electron chi connectivity index (χ0n) is 14.5. The van der Waals surface area contributed by atoms with Gasteiger partial charge in [0.05, 0.1) is 0 Å². The zero-order valence-corrected chi connectivity index (χ0v) is 14.5. The number of aromatic amines is 1. The van der Waals surface area contributed by atoms with Gasteiger partial charge in [0, 0.05) is 30.4 Å². The summed E-state index contributed by atoms with van der Waals surface area (Å²) in [5.74, 6) is 0.564. The lowest BCUT2D eigenvalue weighted by molar-refractivity contribution is 0.0500. The molecule has 0 unspecified atom stereocenters. The second kappa shape index (κ2) is 6.60. The topological polar surface area (TPSA) is 87.3 Å². The number of aryl methyl sites for hydroxylation is 1. The number of rotatable bonds is 2. The van der Waals surface area contributed by atoms with Gasteiger partial charge in [-0.2, -0.15) is 0 Å². The number of nitrogens with zero attached hydrogens (tertiary/aromatic N) is 2. The molecule has 1 aliphatic rings. The van der Waals surface area contributed by atoms with Gasteiger partial charge in [-0.05, 0) is 47.5 Å². The number of aromatic nitrogens is 2. The van der Waals surface area contributed by atoms with Crippen molar-refractivity contribution in [3.63, 3.8) is 0 Å². The summed E-state index contributed by atoms with van der Waals surface area (Å²) in [7, 11) is 0. The molecule has 1 amide bonds. The second-order valence-electron chi connectivity index (χ2n) is 7.03. The largest absolute Gasteiger partial charge is 0.444 e. The van der Waals surface area contributed by atoms with E-state index in [0.29, 0.717) is 18.1 Å². The smallest absolute Gasteiger partial charge is 0.407 e. The van der Waals surface area contributed by atoms with Crippen molar-refractivity contribution in [2.24, 2.45) is 0 Å². The van der Waals surface area contributed by atoms with Gasteiger partial charge in [-0.15, -0.1) is 0 Å². The van der Waals surface area contributed by atoms with Crippen LogP contribution in [0.1, 0.15) is 44.9 Å². The molecule has 7 heteroatoms. The molecule has 0 aliphatic carbocycles. The average Bonchev–Trinajstić information content (AvgIpc) is 2.42. The number of nitrogens with one attached hydrogen (secondary N) is 2. The van der Waals surface area contributed by atoms with E-state index in [1.807, 2.05) is 32.6 Å². The van der Waals surface area contributed by atoms with Crippen molar-refractivity contribution in [2.45, 2.75) is 59.1 Å². The normalized spacial score (nSPS) is 18.7. The lowest BCUT2D eigenvalue weighted by Crippen LogP contribution is -2.49. The van der Waals surface area contributed by atoms with Gasteiger partial charge >= 0.3 is 6.09 Å². The Kier molecular flexibility index (Phi) is 4.97. The van der Waals surface area contributed by atoms with Crippen LogP contribution in [-0.4, -0.2) is 40.8 Å². The first-order valence-electron chi connectivity index (χ1n) is 7.97. The van der Waals surface area contributed by atoms with Crippen LogP contribution in [0.4, 0.5) is 10.7 Å². The highest BCUT2D eigenvalue weighted by molar-refractivity contribution is 5.68. The molecule has 0 spiro atoms. The maximum atomic E-state index is 11.9. The molecule has 1 aliphatic heterocycles. The van der Waals surface area contributed by atoms with Crippen LogP contribution in [0.2, 0.25) is 0 Å². The molecule has 1 aromatic rings. The van der Waals surface area contributed by atoms with E-state index in [2.05, 4.69) is 15.3 Å². The summed E-state index contributed by atoms with van der Waals surface area (Å²) in [6.07, 6.45) is 1.38. The van der Waals surface area contributed by atoms with Crippen LogP contribution in [0, 0.1) is 13.8 Å². The molecule has 0 aromatic carbocycles. The van der Waals surface area contributed by atoms with Gasteiger partial charge in [-0.3, -0.25) is 9.78 Å². The summed E-state index contributed by atoms with van der Waals surface area (Å²) in [5, 5.41) is 2.89. The SMILES string of the molecule is Cc1nc(N2CCC[C@H](NC(=O)OC(C)(C)C)C2)[nH]c(=O)c1C. The first-order valence-corrected chi connectivity index (χ1v) is 7.97. The second-order valence-corrected chi connectivity index (χ2v) is 7.03. The van der Waals surface area contributed by atoms with Crippen molar-refractivity contribution in [1.29, 1.82) is 0 Å². The molecule has 2 heterocycles. The molecule has 2 N–H and O–H groups in total. The van der Waals surface area contributed by atoms with Crippen LogP contribution >= 0.6 is 0 Å². The summed E-state index contributed by atoms with van der Waals surface area (Å²) in [5.41, 5.74) is 0.731. The van der Waals surface area contributed by atoms with Gasteiger partial charge in [0.15, 0.2) is 0 Å². The van der Waals surface area contributed by atoms with Gasteiger partial charge < -0.3 is 15.0 Å². The predicted molar refractivity (Wildman–Crippen MR) is 88.9 cm³/mol. The maximum absolute atomic E-state index is 11.9. The summed E-state index contributed by atoms with van der Waals surface area (Å²) in [4.78, 5) is 33.1. The van der Waals surface area contributed by atoms with Crippen LogP contribution < -0.4 is 15.8 Å². The van der Waals surface area contributed by atoms with Gasteiger partial charge in [-0.1, -0.05) is 0 Å². The van der Waals surface area contributed by atoms with Crippen LogP contribution in [-0.2, 0) is 4.74 Å². The van der Waals surface area contributed by atoms with Gasteiger partial charge in [-0.25, -0.2) is 9.78 Å². The zero-order chi connectivity index (χ0) is 17.2. The van der Waals surface area contributed by atoms with Crippen molar-refractivity contribution >= 4 is 12.0 Å². The Morgan fingerprint density at radius 1 is 1.39 bits per heavy atom. The lowest BCUT2D eigenvalue weighted by atomic mass is 10.1. The van der Waals surface area contributed by atoms with E-state index < -0.39 is 11.7 Å². The minimum absolute atomic E-state index is 0.0227. The van der Waals surface area contributed by atoms with Crippen LogP contribution in [0.15, 0.2) is 4.79 Å². The van der Waals surface area contributed by atoms with Gasteiger partial charge in [0.25, 0.3) is 5.56 Å². The van der Waals surface area contributed by atoms with Crippen LogP contribution in [0.5, 0.6) is 0 Å². The number of anilines is 1. The minimum Gasteiger partial charge on any atom is -0.444 e. The monoisotopic (exact) mass is 322 g/mol. The highest BCUT2D eigenvalue weighted by Gasteiger charge is 2.25. The molecular weight excluding hydrogens is 296 g/mol. The number of piperidine rings is 1. The molecular formula is C16H26N4O3. The van der Waals surface area contributed by atoms with Crippen LogP contribution in [0.3, 0.4) is 0 Å². The van der Waals surface area contributed by atoms with Crippen molar-refractivity contribution in [3.05, 3.63) is 21.6 Å². The predicted octanol–water partition coefficient (Wildman–Crippen LogP) is 1.88. The Morgan fingerprint density at radius 2 is 2.09 bits per heavy atom. The van der Waals surface area contributed by atoms with Gasteiger partial charge in [0.1, 0.15) is 5.60 Å². The maximum Gasteiger partial charge on any atom is 0.407 e. The molecule has 0 radical (unpaired) electrons. The fourth-order valence-corrected chi connectivity index (χ4v) is 2.54. The molecule has 1 saturated heterocycles. The van der Waals surface area contributed by atoms with E-state index in [-0.39, 0.29) is 11.6 Å². The average molecular weight is 322 g/mol. The molecule has 1 fully saturated rings. The number of carbonyl (C=O) groups excluding carboxylic acids is 1. The summed E-state index contributed by atoms with van der Waals surface area (Å²) < 4.78 is 5.29. The first kappa shape index (κ1) is 17.3. The van der Waals surface area contributed by atoms with E-state index >= 15 is 0 Å². The molecule has 1 atom stereocenters. The van der Waals surface area contributed by atoms with E-state index in [1.54, 1.807) is 6.92 Å². The molecule has 2 rings (SSSR count). The van der Waals surface area contributed by atoms with Crippen molar-refractivity contribution < 1.29 is 9.53 Å². The third kappa shape index (κ3) is 4.71. The Hall–Kier alpha value is -2.05. The fraction of sp³-hybridized carbons (Fsp3) is 0.688. The number of alkyl carbamates (subject to hydrolysis) is 1. The van der Waals surface area contributed by atoms with E-state index in [1.165, 1.54) is 0 Å². The Bertz CT molecular complexity index is 633. The number of hydrogen-bond donors (Lipinski definition) is 2. The standard InChI is InChI=1S/C16H26N4O3/c1-10-11(2)17-14(19-13(10)21)20-8-6-7-12(9-20)18-15(22)23-16(3,4)5/h12H,6-9H2,1-5H3,(H,18,22)(H,17,19,21)/t12-/m0/s1. The van der Waals surface area contributed by atoms with E-state index in [0.717, 1.165) is 25.1 Å². The summed E-state index contributed by atoms with van der Waals surface area (Å²) in [6.45, 7) is 10.5. The van der Waals surface area contributed by atoms with E-state index in [9.17, 15) is 9.59 Å². The fourth-order valence-electron chi connectivity index (χ4n) is 2.54. The quantitative estimate of drug-likeness (QED) is 0.868. The first-order chi connectivity index (χ1) is 10.7. The summed E-state index contributed by atoms with van der Waals surface area (Å²) in [6, 6.07) is -0.0227. The molecule has 0 bridgehead atoms. The highest BCUT2D eigenvalue weighted by Crippen LogP contribution is 2.16.